The van der Waals surface area contributed by atoms with Crippen molar-refractivity contribution >= 4 is 33.0 Å². The largest absolute Gasteiger partial charge is 0.492 e. The van der Waals surface area contributed by atoms with Crippen LogP contribution in [0.3, 0.4) is 0 Å². The summed E-state index contributed by atoms with van der Waals surface area (Å²) in [6.45, 7) is 2.77. The molecular weight excluding hydrogens is 464 g/mol. The van der Waals surface area contributed by atoms with E-state index in [4.69, 9.17) is 16.3 Å². The average Bonchev–Trinajstić information content (AvgIpc) is 3.04. The van der Waals surface area contributed by atoms with Gasteiger partial charge in [-0.2, -0.15) is 0 Å². The second-order valence-electron chi connectivity index (χ2n) is 9.18. The Kier molecular flexibility index (Phi) is 5.89. The quantitative estimate of drug-likeness (QED) is 0.646. The lowest BCUT2D eigenvalue weighted by Gasteiger charge is -2.38. The highest BCUT2D eigenvalue weighted by molar-refractivity contribution is 7.92. The zero-order valence-corrected chi connectivity index (χ0v) is 19.7. The summed E-state index contributed by atoms with van der Waals surface area (Å²) in [5.74, 6) is 0.678. The van der Waals surface area contributed by atoms with Crippen molar-refractivity contribution in [3.63, 3.8) is 0 Å². The van der Waals surface area contributed by atoms with E-state index in [1.54, 1.807) is 30.3 Å². The number of nitrogens with zero attached hydrogens (tertiary/aromatic N) is 1. The highest BCUT2D eigenvalue weighted by Gasteiger charge is 2.48. The molecule has 33 heavy (non-hydrogen) atoms. The van der Waals surface area contributed by atoms with Crippen LogP contribution in [0.25, 0.3) is 0 Å². The third-order valence-corrected chi connectivity index (χ3v) is 9.65. The maximum Gasteiger partial charge on any atom is 0.235 e. The van der Waals surface area contributed by atoms with Crippen molar-refractivity contribution in [2.45, 2.75) is 47.3 Å². The predicted molar refractivity (Wildman–Crippen MR) is 126 cm³/mol. The van der Waals surface area contributed by atoms with Crippen LogP contribution in [-0.4, -0.2) is 61.9 Å². The van der Waals surface area contributed by atoms with E-state index in [1.807, 2.05) is 12.1 Å². The van der Waals surface area contributed by atoms with E-state index in [2.05, 4.69) is 10.2 Å². The second kappa shape index (κ2) is 8.58. The molecule has 2 heterocycles. The molecule has 2 fully saturated rings. The van der Waals surface area contributed by atoms with Gasteiger partial charge in [0.25, 0.3) is 0 Å². The third-order valence-electron chi connectivity index (χ3n) is 7.23. The van der Waals surface area contributed by atoms with Crippen LogP contribution in [0.2, 0.25) is 5.02 Å². The summed E-state index contributed by atoms with van der Waals surface area (Å²) in [7, 11) is -3.39. The summed E-state index contributed by atoms with van der Waals surface area (Å²) in [4.78, 5) is 15.3. The van der Waals surface area contributed by atoms with Crippen LogP contribution in [0.4, 0.5) is 5.69 Å². The first-order valence-corrected chi connectivity index (χ1v) is 13.2. The van der Waals surface area contributed by atoms with Crippen LogP contribution in [0, 0.1) is 0 Å². The van der Waals surface area contributed by atoms with E-state index in [1.165, 1.54) is 0 Å². The molecule has 2 aromatic rings. The molecule has 0 radical (unpaired) electrons. The summed E-state index contributed by atoms with van der Waals surface area (Å²) >= 11 is 6.19. The van der Waals surface area contributed by atoms with Crippen LogP contribution in [0.1, 0.15) is 31.2 Å². The minimum Gasteiger partial charge on any atom is -0.492 e. The molecule has 1 spiro atoms. The number of fused-ring (bicyclic) bond motifs is 2. The molecule has 2 aromatic carbocycles. The molecule has 0 bridgehead atoms. The predicted octanol–water partition coefficient (Wildman–Crippen LogP) is 3.00. The molecule has 0 aromatic heterocycles. The van der Waals surface area contributed by atoms with Gasteiger partial charge in [-0.15, -0.1) is 0 Å². The lowest BCUT2D eigenvalue weighted by atomic mass is 9.73. The fraction of sp³-hybridized carbons (Fsp3) is 0.458. The number of hydrogen-bond acceptors (Lipinski definition) is 6. The highest BCUT2D eigenvalue weighted by Crippen LogP contribution is 2.45. The minimum absolute atomic E-state index is 0.0575. The van der Waals surface area contributed by atoms with Gasteiger partial charge in [0.05, 0.1) is 21.7 Å². The smallest absolute Gasteiger partial charge is 0.235 e. The SMILES string of the molecule is O=C1Nc2ccc(Cl)cc2C12CCN(CCOc1ccc(S(=O)(=O)[C@H]3C[C@@H](O)C3)cc1)CC2. The Morgan fingerprint density at radius 1 is 1.12 bits per heavy atom. The Morgan fingerprint density at radius 3 is 2.48 bits per heavy atom. The van der Waals surface area contributed by atoms with Gasteiger partial charge in [0, 0.05) is 17.3 Å². The summed E-state index contributed by atoms with van der Waals surface area (Å²) < 4.78 is 30.9. The molecule has 7 nitrogen and oxygen atoms in total. The number of amides is 1. The first-order valence-electron chi connectivity index (χ1n) is 11.3. The molecule has 0 atom stereocenters. The number of rotatable bonds is 6. The maximum absolute atomic E-state index is 12.8. The molecule has 5 rings (SSSR count). The summed E-state index contributed by atoms with van der Waals surface area (Å²) in [6, 6.07) is 12.1. The van der Waals surface area contributed by atoms with Crippen LogP contribution in [0.15, 0.2) is 47.4 Å². The number of carbonyl (C=O) groups is 1. The molecule has 2 aliphatic heterocycles. The molecule has 2 N–H and O–H groups in total. The fourth-order valence-electron chi connectivity index (χ4n) is 5.04. The van der Waals surface area contributed by atoms with E-state index < -0.39 is 26.6 Å². The van der Waals surface area contributed by atoms with Crippen molar-refractivity contribution in [1.29, 1.82) is 0 Å². The first kappa shape index (κ1) is 22.7. The van der Waals surface area contributed by atoms with Gasteiger partial charge in [-0.3, -0.25) is 9.69 Å². The number of carbonyl (C=O) groups excluding carboxylic acids is 1. The van der Waals surface area contributed by atoms with E-state index in [0.29, 0.717) is 30.2 Å². The number of nitrogens with one attached hydrogen (secondary N) is 1. The van der Waals surface area contributed by atoms with Crippen LogP contribution in [-0.2, 0) is 20.0 Å². The molecule has 0 unspecified atom stereocenters. The van der Waals surface area contributed by atoms with E-state index >= 15 is 0 Å². The van der Waals surface area contributed by atoms with Crippen molar-refractivity contribution in [2.75, 3.05) is 31.6 Å². The van der Waals surface area contributed by atoms with Crippen LogP contribution < -0.4 is 10.1 Å². The summed E-state index contributed by atoms with van der Waals surface area (Å²) in [5, 5.41) is 12.5. The van der Waals surface area contributed by atoms with E-state index in [0.717, 1.165) is 43.7 Å². The standard InChI is InChI=1S/C24H27ClN2O5S/c25-16-1-6-22-21(13-16)24(23(29)26-22)7-9-27(10-8-24)11-12-32-18-2-4-19(5-3-18)33(30,31)20-14-17(28)15-20/h1-6,13,17,20,28H,7-12,14-15H2,(H,26,29)/t17-,20+. The molecule has 1 aliphatic carbocycles. The van der Waals surface area contributed by atoms with Crippen molar-refractivity contribution in [1.82, 2.24) is 4.90 Å². The summed E-state index contributed by atoms with van der Waals surface area (Å²) in [6.07, 6.45) is 1.56. The summed E-state index contributed by atoms with van der Waals surface area (Å²) in [5.41, 5.74) is 1.36. The number of ether oxygens (including phenoxy) is 1. The van der Waals surface area contributed by atoms with Gasteiger partial charge < -0.3 is 15.2 Å². The van der Waals surface area contributed by atoms with Crippen LogP contribution in [0.5, 0.6) is 5.75 Å². The van der Waals surface area contributed by atoms with Crippen LogP contribution >= 0.6 is 11.6 Å². The van der Waals surface area contributed by atoms with Gasteiger partial charge in [-0.05, 0) is 86.8 Å². The molecule has 3 aliphatic rings. The third kappa shape index (κ3) is 4.14. The number of piperidine rings is 1. The van der Waals surface area contributed by atoms with Crippen molar-refractivity contribution in [3.05, 3.63) is 53.1 Å². The molecular formula is C24H27ClN2O5S. The molecule has 1 amide bonds. The lowest BCUT2D eigenvalue weighted by molar-refractivity contribution is -0.122. The Morgan fingerprint density at radius 2 is 1.82 bits per heavy atom. The topological polar surface area (TPSA) is 95.9 Å². The highest BCUT2D eigenvalue weighted by atomic mass is 35.5. The lowest BCUT2D eigenvalue weighted by Crippen LogP contribution is -2.47. The Balaban J connectivity index is 1.13. The number of sulfone groups is 1. The Hall–Kier alpha value is -2.13. The van der Waals surface area contributed by atoms with Gasteiger partial charge in [-0.1, -0.05) is 11.6 Å². The zero-order valence-electron chi connectivity index (χ0n) is 18.2. The normalized spacial score (nSPS) is 24.2. The average molecular weight is 491 g/mol. The number of aliphatic hydroxyl groups is 1. The number of halogens is 1. The number of aliphatic hydroxyl groups excluding tert-OH is 1. The first-order chi connectivity index (χ1) is 15.8. The fourth-order valence-corrected chi connectivity index (χ4v) is 7.07. The number of benzene rings is 2. The van der Waals surface area contributed by atoms with Gasteiger partial charge in [0.1, 0.15) is 12.4 Å². The molecule has 1 saturated heterocycles. The minimum atomic E-state index is -3.39. The van der Waals surface area contributed by atoms with Gasteiger partial charge >= 0.3 is 0 Å². The molecule has 9 heteroatoms. The van der Waals surface area contributed by atoms with Crippen molar-refractivity contribution in [3.8, 4) is 5.75 Å². The second-order valence-corrected chi connectivity index (χ2v) is 11.8. The molecule has 1 saturated carbocycles. The van der Waals surface area contributed by atoms with Gasteiger partial charge in [0.15, 0.2) is 9.84 Å². The Bertz CT molecular complexity index is 1150. The van der Waals surface area contributed by atoms with E-state index in [9.17, 15) is 18.3 Å². The monoisotopic (exact) mass is 490 g/mol. The molecule has 176 valence electrons. The zero-order chi connectivity index (χ0) is 23.2. The van der Waals surface area contributed by atoms with Gasteiger partial charge in [0.2, 0.25) is 5.91 Å². The number of likely N-dealkylation sites (tertiary alicyclic amines) is 1. The van der Waals surface area contributed by atoms with Crippen molar-refractivity contribution in [2.24, 2.45) is 0 Å². The number of hydrogen-bond donors (Lipinski definition) is 2. The maximum atomic E-state index is 12.8. The van der Waals surface area contributed by atoms with Gasteiger partial charge in [-0.25, -0.2) is 8.42 Å². The van der Waals surface area contributed by atoms with E-state index in [-0.39, 0.29) is 10.8 Å². The number of anilines is 1. The Labute approximate surface area is 198 Å². The van der Waals surface area contributed by atoms with Crippen molar-refractivity contribution < 1.29 is 23.1 Å².